The van der Waals surface area contributed by atoms with E-state index in [1.54, 1.807) is 0 Å². The SMILES string of the molecule is COC(CNC(=O)c1sc(C)nc1CC(C)C)C(=O)O. The number of amides is 1. The molecule has 0 radical (unpaired) electrons. The minimum Gasteiger partial charge on any atom is -0.479 e. The van der Waals surface area contributed by atoms with E-state index < -0.39 is 12.1 Å². The molecule has 2 N–H and O–H groups in total. The quantitative estimate of drug-likeness (QED) is 0.796. The summed E-state index contributed by atoms with van der Waals surface area (Å²) >= 11 is 1.32. The van der Waals surface area contributed by atoms with Gasteiger partial charge in [-0.1, -0.05) is 13.8 Å². The molecule has 112 valence electrons. The molecule has 0 saturated heterocycles. The van der Waals surface area contributed by atoms with Gasteiger partial charge in [-0.15, -0.1) is 11.3 Å². The molecule has 0 saturated carbocycles. The Labute approximate surface area is 122 Å². The van der Waals surface area contributed by atoms with Crippen LogP contribution in [0.4, 0.5) is 0 Å². The molecule has 0 spiro atoms. The van der Waals surface area contributed by atoms with Crippen molar-refractivity contribution in [1.29, 1.82) is 0 Å². The predicted molar refractivity (Wildman–Crippen MR) is 76.2 cm³/mol. The summed E-state index contributed by atoms with van der Waals surface area (Å²) in [5.74, 6) is -1.00. The van der Waals surface area contributed by atoms with Crippen molar-refractivity contribution < 1.29 is 19.4 Å². The number of aryl methyl sites for hydroxylation is 1. The normalized spacial score (nSPS) is 12.4. The Hall–Kier alpha value is -1.47. The monoisotopic (exact) mass is 300 g/mol. The zero-order valence-corrected chi connectivity index (χ0v) is 12.9. The highest BCUT2D eigenvalue weighted by atomic mass is 32.1. The van der Waals surface area contributed by atoms with Crippen LogP contribution < -0.4 is 5.32 Å². The lowest BCUT2D eigenvalue weighted by molar-refractivity contribution is -0.147. The number of nitrogens with one attached hydrogen (secondary N) is 1. The second-order valence-corrected chi connectivity index (χ2v) is 6.08. The van der Waals surface area contributed by atoms with Crippen molar-refractivity contribution in [3.63, 3.8) is 0 Å². The van der Waals surface area contributed by atoms with Gasteiger partial charge in [0.05, 0.1) is 17.2 Å². The number of carboxylic acids is 1. The van der Waals surface area contributed by atoms with Gasteiger partial charge in [-0.2, -0.15) is 0 Å². The van der Waals surface area contributed by atoms with Gasteiger partial charge in [0.15, 0.2) is 6.10 Å². The summed E-state index contributed by atoms with van der Waals surface area (Å²) in [5.41, 5.74) is 0.768. The number of hydrogen-bond acceptors (Lipinski definition) is 5. The molecule has 1 aromatic heterocycles. The van der Waals surface area contributed by atoms with Crippen LogP contribution >= 0.6 is 11.3 Å². The summed E-state index contributed by atoms with van der Waals surface area (Å²) in [5, 5.41) is 12.3. The molecule has 1 atom stereocenters. The maximum Gasteiger partial charge on any atom is 0.334 e. The summed E-state index contributed by atoms with van der Waals surface area (Å²) < 4.78 is 4.77. The smallest absolute Gasteiger partial charge is 0.334 e. The van der Waals surface area contributed by atoms with Gasteiger partial charge < -0.3 is 15.2 Å². The van der Waals surface area contributed by atoms with E-state index in [4.69, 9.17) is 9.84 Å². The fraction of sp³-hybridized carbons (Fsp3) is 0.615. The van der Waals surface area contributed by atoms with E-state index >= 15 is 0 Å². The average Bonchev–Trinajstić information content (AvgIpc) is 2.69. The van der Waals surface area contributed by atoms with Crippen LogP contribution in [0.15, 0.2) is 0 Å². The maximum absolute atomic E-state index is 12.1. The van der Waals surface area contributed by atoms with Crippen LogP contribution in [0.5, 0.6) is 0 Å². The van der Waals surface area contributed by atoms with Crippen LogP contribution in [0.1, 0.15) is 34.2 Å². The molecular formula is C13H20N2O4S. The fourth-order valence-corrected chi connectivity index (χ4v) is 2.57. The van der Waals surface area contributed by atoms with E-state index in [1.807, 2.05) is 6.92 Å². The first-order valence-corrected chi connectivity index (χ1v) is 7.16. The molecule has 6 nitrogen and oxygen atoms in total. The number of carboxylic acid groups (broad SMARTS) is 1. The molecule has 1 rings (SSSR count). The molecule has 20 heavy (non-hydrogen) atoms. The highest BCUT2D eigenvalue weighted by molar-refractivity contribution is 7.13. The van der Waals surface area contributed by atoms with Gasteiger partial charge in [-0.25, -0.2) is 9.78 Å². The molecule has 0 aliphatic carbocycles. The zero-order valence-electron chi connectivity index (χ0n) is 12.1. The summed E-state index contributed by atoms with van der Waals surface area (Å²) in [6.45, 7) is 5.90. The summed E-state index contributed by atoms with van der Waals surface area (Å²) in [6.07, 6.45) is -0.318. The second kappa shape index (κ2) is 7.35. The molecule has 1 unspecified atom stereocenters. The van der Waals surface area contributed by atoms with E-state index in [0.29, 0.717) is 10.8 Å². The van der Waals surface area contributed by atoms with E-state index in [-0.39, 0.29) is 12.5 Å². The second-order valence-electron chi connectivity index (χ2n) is 4.88. The minimum atomic E-state index is -1.10. The number of ether oxygens (including phenoxy) is 1. The number of carbonyl (C=O) groups is 2. The van der Waals surface area contributed by atoms with Crippen molar-refractivity contribution in [1.82, 2.24) is 10.3 Å². The van der Waals surface area contributed by atoms with Crippen molar-refractivity contribution in [3.8, 4) is 0 Å². The van der Waals surface area contributed by atoms with Crippen molar-refractivity contribution in [2.45, 2.75) is 33.3 Å². The van der Waals surface area contributed by atoms with Gasteiger partial charge in [0, 0.05) is 7.11 Å². The first-order valence-electron chi connectivity index (χ1n) is 6.35. The number of nitrogens with zero attached hydrogens (tertiary/aromatic N) is 1. The fourth-order valence-electron chi connectivity index (χ4n) is 1.71. The predicted octanol–water partition coefficient (Wildman–Crippen LogP) is 1.48. The Bertz CT molecular complexity index is 485. The van der Waals surface area contributed by atoms with Crippen LogP contribution in [0, 0.1) is 12.8 Å². The third kappa shape index (κ3) is 4.57. The van der Waals surface area contributed by atoms with Gasteiger partial charge in [0.1, 0.15) is 4.88 Å². The molecule has 0 bridgehead atoms. The minimum absolute atomic E-state index is 0.0667. The summed E-state index contributed by atoms with van der Waals surface area (Å²) in [6, 6.07) is 0. The Morgan fingerprint density at radius 3 is 2.60 bits per heavy atom. The Morgan fingerprint density at radius 2 is 2.10 bits per heavy atom. The number of carbonyl (C=O) groups excluding carboxylic acids is 1. The first-order chi connectivity index (χ1) is 9.35. The van der Waals surface area contributed by atoms with Crippen LogP contribution in [0.2, 0.25) is 0 Å². The first kappa shape index (κ1) is 16.6. The van der Waals surface area contributed by atoms with E-state index in [2.05, 4.69) is 24.1 Å². The highest BCUT2D eigenvalue weighted by Crippen LogP contribution is 2.20. The van der Waals surface area contributed by atoms with Gasteiger partial charge in [0.25, 0.3) is 5.91 Å². The molecule has 0 aliphatic rings. The Balaban J connectivity index is 2.74. The number of rotatable bonds is 7. The van der Waals surface area contributed by atoms with E-state index in [0.717, 1.165) is 17.1 Å². The standard InChI is InChI=1S/C13H20N2O4S/c1-7(2)5-9-11(20-8(3)15-9)12(16)14-6-10(19-4)13(17)18/h7,10H,5-6H2,1-4H3,(H,14,16)(H,17,18). The molecule has 0 aromatic carbocycles. The third-order valence-corrected chi connectivity index (χ3v) is 3.63. The number of aromatic nitrogens is 1. The number of hydrogen-bond donors (Lipinski definition) is 2. The van der Waals surface area contributed by atoms with Gasteiger partial charge >= 0.3 is 5.97 Å². The number of thiazole rings is 1. The van der Waals surface area contributed by atoms with Crippen molar-refractivity contribution in [2.75, 3.05) is 13.7 Å². The van der Waals surface area contributed by atoms with Crippen molar-refractivity contribution in [3.05, 3.63) is 15.6 Å². The number of aliphatic carboxylic acids is 1. The lowest BCUT2D eigenvalue weighted by Gasteiger charge is -2.11. The third-order valence-electron chi connectivity index (χ3n) is 2.62. The van der Waals surface area contributed by atoms with E-state index in [9.17, 15) is 9.59 Å². The average molecular weight is 300 g/mol. The molecule has 1 aromatic rings. The molecular weight excluding hydrogens is 280 g/mol. The van der Waals surface area contributed by atoms with Crippen LogP contribution in [0.3, 0.4) is 0 Å². The Kier molecular flexibility index (Phi) is 6.09. The van der Waals surface area contributed by atoms with Crippen LogP contribution in [-0.2, 0) is 16.0 Å². The largest absolute Gasteiger partial charge is 0.479 e. The number of methoxy groups -OCH3 is 1. The van der Waals surface area contributed by atoms with E-state index in [1.165, 1.54) is 18.4 Å². The van der Waals surface area contributed by atoms with Crippen LogP contribution in [-0.4, -0.2) is 41.7 Å². The van der Waals surface area contributed by atoms with Crippen molar-refractivity contribution >= 4 is 23.2 Å². The molecule has 1 heterocycles. The zero-order chi connectivity index (χ0) is 15.3. The lowest BCUT2D eigenvalue weighted by Crippen LogP contribution is -2.37. The lowest BCUT2D eigenvalue weighted by atomic mass is 10.1. The molecule has 0 aliphatic heterocycles. The molecule has 0 fully saturated rings. The van der Waals surface area contributed by atoms with Gasteiger partial charge in [0.2, 0.25) is 0 Å². The van der Waals surface area contributed by atoms with Crippen LogP contribution in [0.25, 0.3) is 0 Å². The molecule has 1 amide bonds. The van der Waals surface area contributed by atoms with Gasteiger partial charge in [-0.3, -0.25) is 4.79 Å². The maximum atomic E-state index is 12.1. The molecule has 7 heteroatoms. The topological polar surface area (TPSA) is 88.5 Å². The Morgan fingerprint density at radius 1 is 1.45 bits per heavy atom. The summed E-state index contributed by atoms with van der Waals surface area (Å²) in [7, 11) is 1.30. The van der Waals surface area contributed by atoms with Crippen molar-refractivity contribution in [2.24, 2.45) is 5.92 Å². The van der Waals surface area contributed by atoms with Gasteiger partial charge in [-0.05, 0) is 19.3 Å². The summed E-state index contributed by atoms with van der Waals surface area (Å²) in [4.78, 5) is 27.8. The highest BCUT2D eigenvalue weighted by Gasteiger charge is 2.21.